The van der Waals surface area contributed by atoms with Gasteiger partial charge in [-0.15, -0.1) is 0 Å². The highest BCUT2D eigenvalue weighted by atomic mass is 79.9. The highest BCUT2D eigenvalue weighted by molar-refractivity contribution is 9.10. The summed E-state index contributed by atoms with van der Waals surface area (Å²) in [4.78, 5) is 16.7. The minimum atomic E-state index is -3.58. The largest absolute Gasteiger partial charge is 0.356 e. The maximum Gasteiger partial charge on any atom is 0.243 e. The minimum absolute atomic E-state index is 0.0728. The Kier molecular flexibility index (Phi) is 6.67. The number of halogens is 1. The summed E-state index contributed by atoms with van der Waals surface area (Å²) >= 11 is 3.31. The Hall–Kier alpha value is -1.71. The first-order valence-corrected chi connectivity index (χ1v) is 11.2. The second-order valence-corrected chi connectivity index (χ2v) is 9.45. The zero-order chi connectivity index (χ0) is 19.3. The fourth-order valence-electron chi connectivity index (χ4n) is 3.17. The van der Waals surface area contributed by atoms with Gasteiger partial charge in [-0.05, 0) is 43.5 Å². The molecule has 1 amide bonds. The second kappa shape index (κ2) is 8.99. The van der Waals surface area contributed by atoms with Crippen molar-refractivity contribution in [3.05, 3.63) is 47.5 Å². The summed E-state index contributed by atoms with van der Waals surface area (Å²) in [5.41, 5.74) is 0. The molecule has 0 saturated carbocycles. The van der Waals surface area contributed by atoms with E-state index in [2.05, 4.69) is 26.2 Å². The van der Waals surface area contributed by atoms with Gasteiger partial charge in [-0.2, -0.15) is 4.31 Å². The first-order chi connectivity index (χ1) is 13.0. The molecule has 1 aliphatic rings. The lowest BCUT2D eigenvalue weighted by molar-refractivity contribution is -0.126. The fourth-order valence-corrected chi connectivity index (χ4v) is 4.96. The van der Waals surface area contributed by atoms with Crippen LogP contribution in [0.4, 0.5) is 0 Å². The van der Waals surface area contributed by atoms with Gasteiger partial charge >= 0.3 is 0 Å². The van der Waals surface area contributed by atoms with Crippen LogP contribution in [-0.2, 0) is 21.4 Å². The number of aryl methyl sites for hydroxylation is 1. The number of sulfonamides is 1. The van der Waals surface area contributed by atoms with Crippen LogP contribution in [0, 0.1) is 5.92 Å². The van der Waals surface area contributed by atoms with Crippen LogP contribution in [-0.4, -0.2) is 47.8 Å². The number of benzene rings is 1. The molecule has 146 valence electrons. The lowest BCUT2D eigenvalue weighted by Gasteiger charge is -2.31. The van der Waals surface area contributed by atoms with Crippen molar-refractivity contribution in [2.45, 2.75) is 30.7 Å². The van der Waals surface area contributed by atoms with Gasteiger partial charge in [0.2, 0.25) is 15.9 Å². The van der Waals surface area contributed by atoms with Gasteiger partial charge in [0, 0.05) is 43.0 Å². The Morgan fingerprint density at radius 1 is 1.30 bits per heavy atom. The first kappa shape index (κ1) is 20.0. The summed E-state index contributed by atoms with van der Waals surface area (Å²) in [6.07, 6.45) is 7.54. The number of aromatic nitrogens is 2. The van der Waals surface area contributed by atoms with E-state index in [9.17, 15) is 13.2 Å². The van der Waals surface area contributed by atoms with Gasteiger partial charge in [0.1, 0.15) is 0 Å². The first-order valence-electron chi connectivity index (χ1n) is 8.96. The van der Waals surface area contributed by atoms with Crippen LogP contribution in [0.1, 0.15) is 19.3 Å². The molecule has 0 radical (unpaired) electrons. The van der Waals surface area contributed by atoms with Gasteiger partial charge in [0.15, 0.2) is 0 Å². The van der Waals surface area contributed by atoms with Crippen molar-refractivity contribution in [1.29, 1.82) is 0 Å². The molecule has 1 saturated heterocycles. The van der Waals surface area contributed by atoms with Gasteiger partial charge in [-0.1, -0.05) is 15.9 Å². The molecular formula is C18H23BrN4O3S. The topological polar surface area (TPSA) is 84.3 Å². The average Bonchev–Trinajstić information content (AvgIpc) is 3.19. The molecule has 1 atom stereocenters. The molecular weight excluding hydrogens is 432 g/mol. The minimum Gasteiger partial charge on any atom is -0.356 e. The summed E-state index contributed by atoms with van der Waals surface area (Å²) in [7, 11) is -3.58. The Morgan fingerprint density at radius 3 is 2.78 bits per heavy atom. The van der Waals surface area contributed by atoms with E-state index >= 15 is 0 Å². The van der Waals surface area contributed by atoms with Crippen molar-refractivity contribution in [3.8, 4) is 0 Å². The highest BCUT2D eigenvalue weighted by Gasteiger charge is 2.33. The van der Waals surface area contributed by atoms with Crippen molar-refractivity contribution in [3.63, 3.8) is 0 Å². The second-order valence-electron chi connectivity index (χ2n) is 6.60. The highest BCUT2D eigenvalue weighted by Crippen LogP contribution is 2.25. The van der Waals surface area contributed by atoms with E-state index in [0.717, 1.165) is 17.4 Å². The number of amides is 1. The number of carbonyl (C=O) groups is 1. The summed E-state index contributed by atoms with van der Waals surface area (Å²) in [5.74, 6) is -0.381. The van der Waals surface area contributed by atoms with E-state index in [-0.39, 0.29) is 23.3 Å². The van der Waals surface area contributed by atoms with Crippen molar-refractivity contribution in [2.24, 2.45) is 5.92 Å². The van der Waals surface area contributed by atoms with Crippen molar-refractivity contribution >= 4 is 31.9 Å². The maximum atomic E-state index is 12.8. The standard InChI is InChI=1S/C18H23BrN4O3S/c19-16-4-6-17(7-5-16)27(25,26)23-11-1-3-15(13-23)18(24)21-8-2-10-22-12-9-20-14-22/h4-7,9,12,14-15H,1-3,8,10-11,13H2,(H,21,24). The predicted octanol–water partition coefficient (Wildman–Crippen LogP) is 2.25. The molecule has 0 bridgehead atoms. The van der Waals surface area contributed by atoms with Crippen molar-refractivity contribution < 1.29 is 13.2 Å². The third kappa shape index (κ3) is 5.18. The monoisotopic (exact) mass is 454 g/mol. The predicted molar refractivity (Wildman–Crippen MR) is 105 cm³/mol. The van der Waals surface area contributed by atoms with Crippen LogP contribution in [0.5, 0.6) is 0 Å². The molecule has 3 rings (SSSR count). The number of imidazole rings is 1. The van der Waals surface area contributed by atoms with Gasteiger partial charge in [-0.3, -0.25) is 4.79 Å². The van der Waals surface area contributed by atoms with E-state index in [1.54, 1.807) is 36.8 Å². The van der Waals surface area contributed by atoms with E-state index in [1.165, 1.54) is 4.31 Å². The molecule has 27 heavy (non-hydrogen) atoms. The van der Waals surface area contributed by atoms with Crippen LogP contribution < -0.4 is 5.32 Å². The smallest absolute Gasteiger partial charge is 0.243 e. The van der Waals surface area contributed by atoms with Crippen molar-refractivity contribution in [2.75, 3.05) is 19.6 Å². The number of hydrogen-bond donors (Lipinski definition) is 1. The Labute approximate surface area is 168 Å². The molecule has 1 N–H and O–H groups in total. The van der Waals surface area contributed by atoms with Crippen molar-refractivity contribution in [1.82, 2.24) is 19.2 Å². The third-order valence-electron chi connectivity index (χ3n) is 4.66. The average molecular weight is 455 g/mol. The third-order valence-corrected chi connectivity index (χ3v) is 7.07. The Balaban J connectivity index is 1.53. The molecule has 1 aromatic carbocycles. The molecule has 1 aromatic heterocycles. The molecule has 0 spiro atoms. The summed E-state index contributed by atoms with van der Waals surface area (Å²) in [6.45, 7) is 2.02. The van der Waals surface area contributed by atoms with Gasteiger partial charge in [0.25, 0.3) is 0 Å². The molecule has 2 aromatic rings. The van der Waals surface area contributed by atoms with Gasteiger partial charge < -0.3 is 9.88 Å². The van der Waals surface area contributed by atoms with E-state index in [0.29, 0.717) is 25.9 Å². The molecule has 0 aliphatic carbocycles. The maximum absolute atomic E-state index is 12.8. The summed E-state index contributed by atoms with van der Waals surface area (Å²) < 4.78 is 29.9. The number of carbonyl (C=O) groups excluding carboxylic acids is 1. The van der Waals surface area contributed by atoms with Crippen LogP contribution in [0.15, 0.2) is 52.4 Å². The zero-order valence-electron chi connectivity index (χ0n) is 14.9. The van der Waals surface area contributed by atoms with Gasteiger partial charge in [0.05, 0.1) is 17.1 Å². The number of nitrogens with one attached hydrogen (secondary N) is 1. The number of nitrogens with zero attached hydrogens (tertiary/aromatic N) is 3. The Bertz CT molecular complexity index is 853. The van der Waals surface area contributed by atoms with Crippen LogP contribution in [0.2, 0.25) is 0 Å². The van der Waals surface area contributed by atoms with Crippen LogP contribution in [0.25, 0.3) is 0 Å². The lowest BCUT2D eigenvalue weighted by Crippen LogP contribution is -2.45. The molecule has 7 nitrogen and oxygen atoms in total. The molecule has 1 unspecified atom stereocenters. The molecule has 2 heterocycles. The summed E-state index contributed by atoms with van der Waals surface area (Å²) in [6, 6.07) is 6.58. The quantitative estimate of drug-likeness (QED) is 0.650. The summed E-state index contributed by atoms with van der Waals surface area (Å²) in [5, 5.41) is 2.93. The van der Waals surface area contributed by atoms with Gasteiger partial charge in [-0.25, -0.2) is 13.4 Å². The SMILES string of the molecule is O=C(NCCCn1ccnc1)C1CCCN(S(=O)(=O)c2ccc(Br)cc2)C1. The normalized spacial score (nSPS) is 18.3. The van der Waals surface area contributed by atoms with E-state index in [1.807, 2.05) is 10.8 Å². The molecule has 1 aliphatic heterocycles. The van der Waals surface area contributed by atoms with Crippen LogP contribution >= 0.6 is 15.9 Å². The van der Waals surface area contributed by atoms with Crippen LogP contribution in [0.3, 0.4) is 0 Å². The molecule has 1 fully saturated rings. The Morgan fingerprint density at radius 2 is 2.07 bits per heavy atom. The fraction of sp³-hybridized carbons (Fsp3) is 0.444. The number of rotatable bonds is 7. The van der Waals surface area contributed by atoms with E-state index < -0.39 is 10.0 Å². The molecule has 9 heteroatoms. The lowest BCUT2D eigenvalue weighted by atomic mass is 9.99. The zero-order valence-corrected chi connectivity index (χ0v) is 17.3. The van der Waals surface area contributed by atoms with E-state index in [4.69, 9.17) is 0 Å². The number of piperidine rings is 1. The number of hydrogen-bond acceptors (Lipinski definition) is 4.